The molecule has 0 N–H and O–H groups in total. The highest BCUT2D eigenvalue weighted by Crippen LogP contribution is 2.31. The third-order valence-corrected chi connectivity index (χ3v) is 7.62. The zero-order valence-electron chi connectivity index (χ0n) is 19.8. The normalized spacial score (nSPS) is 11.1. The van der Waals surface area contributed by atoms with Crippen LogP contribution in [0, 0.1) is 6.92 Å². The van der Waals surface area contributed by atoms with Crippen LogP contribution in [0.2, 0.25) is 0 Å². The fourth-order valence-corrected chi connectivity index (χ4v) is 5.70. The number of thiophene rings is 1. The lowest BCUT2D eigenvalue weighted by Crippen LogP contribution is -2.22. The Bertz CT molecular complexity index is 1330. The molecule has 0 fully saturated rings. The third-order valence-electron chi connectivity index (χ3n) is 5.38. The molecular formula is C26H28N2O4S2. The largest absolute Gasteiger partial charge is 0.497 e. The molecule has 0 aliphatic heterocycles. The van der Waals surface area contributed by atoms with Crippen LogP contribution in [0.15, 0.2) is 58.5 Å². The van der Waals surface area contributed by atoms with Crippen LogP contribution in [0.4, 0.5) is 0 Å². The number of aromatic nitrogens is 2. The maximum atomic E-state index is 13.7. The molecule has 178 valence electrons. The lowest BCUT2D eigenvalue weighted by molar-refractivity contribution is 0.332. The van der Waals surface area contributed by atoms with E-state index < -0.39 is 0 Å². The first-order valence-corrected chi connectivity index (χ1v) is 13.0. The molecule has 2 heterocycles. The van der Waals surface area contributed by atoms with Gasteiger partial charge in [-0.15, -0.1) is 11.3 Å². The van der Waals surface area contributed by atoms with E-state index in [0.717, 1.165) is 34.0 Å². The van der Waals surface area contributed by atoms with Gasteiger partial charge in [-0.3, -0.25) is 9.36 Å². The van der Waals surface area contributed by atoms with Crippen molar-refractivity contribution in [2.24, 2.45) is 0 Å². The van der Waals surface area contributed by atoms with Gasteiger partial charge in [-0.1, -0.05) is 24.8 Å². The number of hydrogen-bond acceptors (Lipinski definition) is 7. The Hall–Kier alpha value is -2.97. The van der Waals surface area contributed by atoms with Crippen LogP contribution in [0.5, 0.6) is 17.2 Å². The highest BCUT2D eigenvalue weighted by Gasteiger charge is 2.19. The third kappa shape index (κ3) is 5.08. The lowest BCUT2D eigenvalue weighted by atomic mass is 10.2. The summed E-state index contributed by atoms with van der Waals surface area (Å²) in [6, 6.07) is 15.1. The van der Waals surface area contributed by atoms with Crippen LogP contribution < -0.4 is 19.8 Å². The van der Waals surface area contributed by atoms with E-state index in [2.05, 4.69) is 6.92 Å². The topological polar surface area (TPSA) is 62.6 Å². The van der Waals surface area contributed by atoms with Gasteiger partial charge in [0.25, 0.3) is 5.56 Å². The number of ether oxygens (including phenoxy) is 3. The Morgan fingerprint density at radius 2 is 1.76 bits per heavy atom. The van der Waals surface area contributed by atoms with E-state index in [4.69, 9.17) is 19.2 Å². The molecule has 0 unspecified atom stereocenters. The number of thioether (sulfide) groups is 1. The molecule has 0 amide bonds. The predicted octanol–water partition coefficient (Wildman–Crippen LogP) is 5.90. The maximum Gasteiger partial charge on any atom is 0.267 e. The number of rotatable bonds is 10. The number of hydrogen-bond donors (Lipinski definition) is 0. The van der Waals surface area contributed by atoms with E-state index >= 15 is 0 Å². The predicted molar refractivity (Wildman–Crippen MR) is 140 cm³/mol. The van der Waals surface area contributed by atoms with E-state index in [9.17, 15) is 4.79 Å². The zero-order valence-corrected chi connectivity index (χ0v) is 21.4. The molecule has 0 radical (unpaired) electrons. The highest BCUT2D eigenvalue weighted by atomic mass is 32.2. The zero-order chi connectivity index (χ0) is 24.1. The first kappa shape index (κ1) is 24.2. The van der Waals surface area contributed by atoms with Gasteiger partial charge >= 0.3 is 0 Å². The minimum atomic E-state index is -0.0540. The molecule has 8 heteroatoms. The molecule has 34 heavy (non-hydrogen) atoms. The van der Waals surface area contributed by atoms with Crippen LogP contribution >= 0.6 is 23.1 Å². The quantitative estimate of drug-likeness (QED) is 0.155. The first-order valence-electron chi connectivity index (χ1n) is 11.2. The second-order valence-electron chi connectivity index (χ2n) is 7.52. The average molecular weight is 497 g/mol. The maximum absolute atomic E-state index is 13.7. The Labute approximate surface area is 207 Å². The van der Waals surface area contributed by atoms with Crippen molar-refractivity contribution >= 4 is 33.3 Å². The highest BCUT2D eigenvalue weighted by molar-refractivity contribution is 7.99. The molecule has 0 aliphatic rings. The number of fused-ring (bicyclic) bond motifs is 1. The number of nitrogens with zero attached hydrogens (tertiary/aromatic N) is 2. The van der Waals surface area contributed by atoms with Crippen molar-refractivity contribution in [3.05, 3.63) is 69.3 Å². The fourth-order valence-electron chi connectivity index (χ4n) is 3.71. The van der Waals surface area contributed by atoms with Crippen molar-refractivity contribution in [2.45, 2.75) is 32.3 Å². The van der Waals surface area contributed by atoms with Crippen molar-refractivity contribution in [1.82, 2.24) is 9.55 Å². The summed E-state index contributed by atoms with van der Waals surface area (Å²) in [7, 11) is 1.62. The van der Waals surface area contributed by atoms with Gasteiger partial charge in [0.15, 0.2) is 5.16 Å². The van der Waals surface area contributed by atoms with E-state index in [0.29, 0.717) is 35.3 Å². The summed E-state index contributed by atoms with van der Waals surface area (Å²) in [4.78, 5) is 20.6. The second-order valence-corrected chi connectivity index (χ2v) is 9.67. The summed E-state index contributed by atoms with van der Waals surface area (Å²) in [5.74, 6) is 2.93. The van der Waals surface area contributed by atoms with Crippen molar-refractivity contribution in [3.63, 3.8) is 0 Å². The van der Waals surface area contributed by atoms with Crippen molar-refractivity contribution in [1.29, 1.82) is 0 Å². The minimum Gasteiger partial charge on any atom is -0.497 e. The van der Waals surface area contributed by atoms with E-state index in [1.165, 1.54) is 16.6 Å². The van der Waals surface area contributed by atoms with Gasteiger partial charge in [-0.05, 0) is 62.2 Å². The Balaban J connectivity index is 1.61. The van der Waals surface area contributed by atoms with Gasteiger partial charge < -0.3 is 14.2 Å². The summed E-state index contributed by atoms with van der Waals surface area (Å²) < 4.78 is 18.4. The monoisotopic (exact) mass is 496 g/mol. The number of aryl methyl sites for hydroxylation is 2. The number of benzene rings is 2. The molecule has 4 aromatic rings. The van der Waals surface area contributed by atoms with Gasteiger partial charge in [0.1, 0.15) is 22.1 Å². The van der Waals surface area contributed by atoms with Crippen LogP contribution in [0.3, 0.4) is 0 Å². The summed E-state index contributed by atoms with van der Waals surface area (Å²) in [6.45, 7) is 7.18. The molecule has 0 saturated heterocycles. The standard InChI is InChI=1S/C26H28N2O4S2/c1-5-22-17(3)23-24(34-22)27-26(28(25(23)29)18-8-7-9-21(16-18)30-4)33-15-14-32-20-12-10-19(11-13-20)31-6-2/h7-13,16H,5-6,14-15H2,1-4H3. The molecule has 2 aromatic heterocycles. The SMILES string of the molecule is CCOc1ccc(OCCSc2nc3sc(CC)c(C)c3c(=O)n2-c2cccc(OC)c2)cc1. The van der Waals surface area contributed by atoms with Crippen molar-refractivity contribution in [3.8, 4) is 22.9 Å². The molecule has 0 saturated carbocycles. The van der Waals surface area contributed by atoms with Crippen molar-refractivity contribution in [2.75, 3.05) is 26.1 Å². The second kappa shape index (κ2) is 11.0. The molecular weight excluding hydrogens is 468 g/mol. The van der Waals surface area contributed by atoms with Gasteiger partial charge in [-0.2, -0.15) is 0 Å². The van der Waals surface area contributed by atoms with E-state index in [-0.39, 0.29) is 5.56 Å². The lowest BCUT2D eigenvalue weighted by Gasteiger charge is -2.13. The van der Waals surface area contributed by atoms with Gasteiger partial charge in [0.2, 0.25) is 0 Å². The van der Waals surface area contributed by atoms with Gasteiger partial charge in [0.05, 0.1) is 31.4 Å². The Kier molecular flexibility index (Phi) is 7.80. The fraction of sp³-hybridized carbons (Fsp3) is 0.308. The molecule has 0 spiro atoms. The van der Waals surface area contributed by atoms with Crippen LogP contribution in [-0.2, 0) is 6.42 Å². The molecule has 2 aromatic carbocycles. The minimum absolute atomic E-state index is 0.0540. The van der Waals surface area contributed by atoms with Crippen LogP contribution in [0.1, 0.15) is 24.3 Å². The van der Waals surface area contributed by atoms with Gasteiger partial charge in [-0.25, -0.2) is 4.98 Å². The Morgan fingerprint density at radius 3 is 2.44 bits per heavy atom. The average Bonchev–Trinajstić information content (AvgIpc) is 3.18. The van der Waals surface area contributed by atoms with Crippen LogP contribution in [0.25, 0.3) is 15.9 Å². The summed E-state index contributed by atoms with van der Waals surface area (Å²) >= 11 is 3.11. The first-order chi connectivity index (χ1) is 16.5. The molecule has 0 atom stereocenters. The van der Waals surface area contributed by atoms with Gasteiger partial charge in [0, 0.05) is 16.7 Å². The molecule has 4 rings (SSSR count). The smallest absolute Gasteiger partial charge is 0.267 e. The van der Waals surface area contributed by atoms with Crippen LogP contribution in [-0.4, -0.2) is 35.6 Å². The molecule has 0 bridgehead atoms. The summed E-state index contributed by atoms with van der Waals surface area (Å²) in [5.41, 5.74) is 1.70. The molecule has 6 nitrogen and oxygen atoms in total. The molecule has 0 aliphatic carbocycles. The van der Waals surface area contributed by atoms with Crippen molar-refractivity contribution < 1.29 is 14.2 Å². The van der Waals surface area contributed by atoms with E-state index in [1.54, 1.807) is 23.0 Å². The summed E-state index contributed by atoms with van der Waals surface area (Å²) in [5, 5.41) is 1.34. The number of methoxy groups -OCH3 is 1. The summed E-state index contributed by atoms with van der Waals surface area (Å²) in [6.07, 6.45) is 0.879. The van der Waals surface area contributed by atoms with E-state index in [1.807, 2.05) is 62.4 Å². The Morgan fingerprint density at radius 1 is 1.03 bits per heavy atom.